The lowest BCUT2D eigenvalue weighted by Gasteiger charge is -2.13. The summed E-state index contributed by atoms with van der Waals surface area (Å²) in [5.74, 6) is 5.05. The molecule has 108 valence electrons. The normalized spacial score (nSPS) is 14.1. The molecule has 1 unspecified atom stereocenters. The molecular formula is C9H16N4O4S2. The summed E-state index contributed by atoms with van der Waals surface area (Å²) < 4.78 is 48.5. The summed E-state index contributed by atoms with van der Waals surface area (Å²) in [7, 11) is -7.08. The van der Waals surface area contributed by atoms with E-state index in [-0.39, 0.29) is 16.5 Å². The van der Waals surface area contributed by atoms with Crippen LogP contribution in [0.2, 0.25) is 0 Å². The van der Waals surface area contributed by atoms with E-state index in [1.54, 1.807) is 0 Å². The SMILES string of the molecule is CC(CS(C)(=O)=O)NS(=O)(=O)c1ccnc(NN)c1. The second-order valence-corrected chi connectivity index (χ2v) is 8.03. The Hall–Kier alpha value is -1.23. The average molecular weight is 308 g/mol. The highest BCUT2D eigenvalue weighted by Gasteiger charge is 2.20. The van der Waals surface area contributed by atoms with Gasteiger partial charge in [0, 0.05) is 24.6 Å². The maximum atomic E-state index is 12.0. The van der Waals surface area contributed by atoms with E-state index in [9.17, 15) is 16.8 Å². The van der Waals surface area contributed by atoms with Crippen LogP contribution < -0.4 is 16.0 Å². The number of sulfonamides is 1. The van der Waals surface area contributed by atoms with E-state index < -0.39 is 25.9 Å². The van der Waals surface area contributed by atoms with Crippen molar-refractivity contribution in [3.63, 3.8) is 0 Å². The van der Waals surface area contributed by atoms with Crippen LogP contribution in [0.4, 0.5) is 5.82 Å². The van der Waals surface area contributed by atoms with Crippen molar-refractivity contribution in [3.05, 3.63) is 18.3 Å². The highest BCUT2D eigenvalue weighted by atomic mass is 32.2. The molecule has 0 saturated carbocycles. The number of aromatic nitrogens is 1. The van der Waals surface area contributed by atoms with E-state index in [0.717, 1.165) is 6.26 Å². The number of nitrogens with two attached hydrogens (primary N) is 1. The highest BCUT2D eigenvalue weighted by Crippen LogP contribution is 2.12. The number of anilines is 1. The number of hydrogen-bond acceptors (Lipinski definition) is 7. The minimum absolute atomic E-state index is 0.0456. The van der Waals surface area contributed by atoms with Crippen molar-refractivity contribution in [3.8, 4) is 0 Å². The zero-order chi connectivity index (χ0) is 14.7. The van der Waals surface area contributed by atoms with Gasteiger partial charge in [-0.25, -0.2) is 32.4 Å². The quantitative estimate of drug-likeness (QED) is 0.457. The minimum Gasteiger partial charge on any atom is -0.308 e. The lowest BCUT2D eigenvalue weighted by molar-refractivity contribution is 0.564. The summed E-state index contributed by atoms with van der Waals surface area (Å²) in [5, 5.41) is 0. The van der Waals surface area contributed by atoms with E-state index in [0.29, 0.717) is 0 Å². The molecule has 0 aromatic carbocycles. The van der Waals surface area contributed by atoms with Crippen LogP contribution in [0.1, 0.15) is 6.92 Å². The van der Waals surface area contributed by atoms with Gasteiger partial charge in [0.05, 0.1) is 10.6 Å². The van der Waals surface area contributed by atoms with Crippen LogP contribution in [0.15, 0.2) is 23.2 Å². The van der Waals surface area contributed by atoms with Crippen molar-refractivity contribution in [2.45, 2.75) is 17.9 Å². The van der Waals surface area contributed by atoms with Crippen LogP contribution in [0.25, 0.3) is 0 Å². The maximum absolute atomic E-state index is 12.0. The molecule has 1 aromatic rings. The largest absolute Gasteiger partial charge is 0.308 e. The van der Waals surface area contributed by atoms with Crippen LogP contribution in [0.5, 0.6) is 0 Å². The topological polar surface area (TPSA) is 131 Å². The zero-order valence-corrected chi connectivity index (χ0v) is 12.1. The molecule has 19 heavy (non-hydrogen) atoms. The molecule has 4 N–H and O–H groups in total. The number of hydrazine groups is 1. The summed E-state index contributed by atoms with van der Waals surface area (Å²) >= 11 is 0. The van der Waals surface area contributed by atoms with Gasteiger partial charge in [0.2, 0.25) is 10.0 Å². The molecular weight excluding hydrogens is 292 g/mol. The molecule has 1 aromatic heterocycles. The predicted molar refractivity (Wildman–Crippen MR) is 71.5 cm³/mol. The third-order valence-electron chi connectivity index (χ3n) is 2.10. The van der Waals surface area contributed by atoms with Gasteiger partial charge in [0.1, 0.15) is 15.7 Å². The first kappa shape index (κ1) is 15.8. The number of hydrogen-bond donors (Lipinski definition) is 3. The summed E-state index contributed by atoms with van der Waals surface area (Å²) in [6, 6.07) is 1.80. The molecule has 1 atom stereocenters. The molecule has 0 spiro atoms. The highest BCUT2D eigenvalue weighted by molar-refractivity contribution is 7.91. The van der Waals surface area contributed by atoms with Gasteiger partial charge in [-0.15, -0.1) is 0 Å². The second kappa shape index (κ2) is 5.82. The molecule has 8 nitrogen and oxygen atoms in total. The van der Waals surface area contributed by atoms with Crippen LogP contribution >= 0.6 is 0 Å². The van der Waals surface area contributed by atoms with Gasteiger partial charge in [-0.1, -0.05) is 0 Å². The fourth-order valence-electron chi connectivity index (χ4n) is 1.48. The average Bonchev–Trinajstić information content (AvgIpc) is 2.25. The van der Waals surface area contributed by atoms with Gasteiger partial charge in [-0.2, -0.15) is 0 Å². The summed E-state index contributed by atoms with van der Waals surface area (Å²) in [6.45, 7) is 1.47. The first-order valence-corrected chi connectivity index (χ1v) is 8.81. The monoisotopic (exact) mass is 308 g/mol. The molecule has 0 fully saturated rings. The standard InChI is InChI=1S/C9H16N4O4S2/c1-7(6-18(2,14)15)13-19(16,17)8-3-4-11-9(5-8)12-10/h3-5,7,13H,6,10H2,1-2H3,(H,11,12). The van der Waals surface area contributed by atoms with Gasteiger partial charge in [0.25, 0.3) is 0 Å². The molecule has 1 heterocycles. The smallest absolute Gasteiger partial charge is 0.241 e. The summed E-state index contributed by atoms with van der Waals surface area (Å²) in [4.78, 5) is 3.74. The zero-order valence-electron chi connectivity index (χ0n) is 10.5. The Balaban J connectivity index is 2.92. The number of nitrogens with zero attached hydrogens (tertiary/aromatic N) is 1. The van der Waals surface area contributed by atoms with Gasteiger partial charge in [-0.05, 0) is 13.0 Å². The number of nitrogens with one attached hydrogen (secondary N) is 2. The number of pyridine rings is 1. The minimum atomic E-state index is -3.81. The Morgan fingerprint density at radius 2 is 2.00 bits per heavy atom. The van der Waals surface area contributed by atoms with Crippen molar-refractivity contribution in [2.75, 3.05) is 17.4 Å². The lowest BCUT2D eigenvalue weighted by Crippen LogP contribution is -2.37. The van der Waals surface area contributed by atoms with Crippen LogP contribution in [0.3, 0.4) is 0 Å². The Labute approximate surface area is 112 Å². The molecule has 0 aliphatic rings. The van der Waals surface area contributed by atoms with E-state index in [1.807, 2.05) is 0 Å². The van der Waals surface area contributed by atoms with E-state index >= 15 is 0 Å². The Morgan fingerprint density at radius 3 is 2.53 bits per heavy atom. The van der Waals surface area contributed by atoms with Crippen molar-refractivity contribution in [2.24, 2.45) is 5.84 Å². The summed E-state index contributed by atoms with van der Waals surface area (Å²) in [6.07, 6.45) is 2.33. The first-order chi connectivity index (χ1) is 8.64. The van der Waals surface area contributed by atoms with Crippen molar-refractivity contribution in [1.29, 1.82) is 0 Å². The molecule has 10 heteroatoms. The maximum Gasteiger partial charge on any atom is 0.241 e. The van der Waals surface area contributed by atoms with E-state index in [1.165, 1.54) is 25.3 Å². The fraction of sp³-hybridized carbons (Fsp3) is 0.444. The molecule has 0 saturated heterocycles. The Morgan fingerprint density at radius 1 is 1.37 bits per heavy atom. The van der Waals surface area contributed by atoms with Crippen LogP contribution in [-0.2, 0) is 19.9 Å². The molecule has 1 rings (SSSR count). The lowest BCUT2D eigenvalue weighted by atomic mass is 10.4. The van der Waals surface area contributed by atoms with Gasteiger partial charge in [0.15, 0.2) is 0 Å². The third kappa shape index (κ3) is 5.11. The second-order valence-electron chi connectivity index (χ2n) is 4.14. The molecule has 0 aliphatic carbocycles. The Bertz CT molecular complexity index is 642. The fourth-order valence-corrected chi connectivity index (χ4v) is 3.83. The number of sulfone groups is 1. The van der Waals surface area contributed by atoms with Crippen LogP contribution in [0, 0.1) is 0 Å². The summed E-state index contributed by atoms with van der Waals surface area (Å²) in [5.41, 5.74) is 2.23. The molecule has 0 aliphatic heterocycles. The van der Waals surface area contributed by atoms with Crippen molar-refractivity contribution < 1.29 is 16.8 Å². The predicted octanol–water partition coefficient (Wildman–Crippen LogP) is -0.921. The van der Waals surface area contributed by atoms with Crippen molar-refractivity contribution >= 4 is 25.7 Å². The van der Waals surface area contributed by atoms with Gasteiger partial charge in [-0.3, -0.25) is 0 Å². The number of rotatable bonds is 6. The van der Waals surface area contributed by atoms with Gasteiger partial charge >= 0.3 is 0 Å². The van der Waals surface area contributed by atoms with E-state index in [2.05, 4.69) is 15.1 Å². The van der Waals surface area contributed by atoms with Gasteiger partial charge < -0.3 is 5.43 Å². The number of nitrogen functional groups attached to an aromatic ring is 1. The van der Waals surface area contributed by atoms with E-state index in [4.69, 9.17) is 5.84 Å². The molecule has 0 radical (unpaired) electrons. The first-order valence-electron chi connectivity index (χ1n) is 5.27. The molecule has 0 bridgehead atoms. The third-order valence-corrected chi connectivity index (χ3v) is 4.79. The molecule has 0 amide bonds. The Kier molecular flexibility index (Phi) is 4.85. The van der Waals surface area contributed by atoms with Crippen LogP contribution in [-0.4, -0.2) is 39.9 Å². The van der Waals surface area contributed by atoms with Crippen molar-refractivity contribution in [1.82, 2.24) is 9.71 Å².